The average molecular weight is 280 g/mol. The fourth-order valence-corrected chi connectivity index (χ4v) is 2.18. The Labute approximate surface area is 116 Å². The van der Waals surface area contributed by atoms with Gasteiger partial charge in [-0.25, -0.2) is 4.39 Å². The van der Waals surface area contributed by atoms with E-state index >= 15 is 0 Å². The summed E-state index contributed by atoms with van der Waals surface area (Å²) in [6.45, 7) is 4.13. The van der Waals surface area contributed by atoms with Crippen LogP contribution < -0.4 is 5.32 Å². The van der Waals surface area contributed by atoms with Crippen LogP contribution in [0.2, 0.25) is 5.02 Å². The molecule has 0 aliphatic heterocycles. The van der Waals surface area contributed by atoms with Crippen LogP contribution in [0.1, 0.15) is 16.7 Å². The number of anilines is 1. The van der Waals surface area contributed by atoms with Crippen molar-refractivity contribution in [1.82, 2.24) is 0 Å². The number of hydrogen-bond acceptors (Lipinski definition) is 2. The van der Waals surface area contributed by atoms with E-state index in [4.69, 9.17) is 11.6 Å². The number of hydrogen-bond donors (Lipinski definition) is 2. The molecule has 0 heterocycles. The summed E-state index contributed by atoms with van der Waals surface area (Å²) < 4.78 is 13.2. The van der Waals surface area contributed by atoms with Gasteiger partial charge in [0.1, 0.15) is 11.6 Å². The summed E-state index contributed by atoms with van der Waals surface area (Å²) in [5.41, 5.74) is 3.19. The second-order valence-corrected chi connectivity index (χ2v) is 4.97. The van der Waals surface area contributed by atoms with Crippen LogP contribution in [0, 0.1) is 19.7 Å². The van der Waals surface area contributed by atoms with Crippen LogP contribution in [-0.4, -0.2) is 5.11 Å². The molecule has 0 radical (unpaired) electrons. The predicted molar refractivity (Wildman–Crippen MR) is 76.3 cm³/mol. The van der Waals surface area contributed by atoms with Crippen molar-refractivity contribution in [2.45, 2.75) is 20.4 Å². The van der Waals surface area contributed by atoms with Crippen molar-refractivity contribution in [2.75, 3.05) is 5.32 Å². The summed E-state index contributed by atoms with van der Waals surface area (Å²) >= 11 is 5.80. The van der Waals surface area contributed by atoms with Gasteiger partial charge in [-0.2, -0.15) is 0 Å². The first-order valence-corrected chi connectivity index (χ1v) is 6.33. The number of halogens is 2. The fraction of sp³-hybridized carbons (Fsp3) is 0.200. The topological polar surface area (TPSA) is 32.3 Å². The monoisotopic (exact) mass is 279 g/mol. The average Bonchev–Trinajstić information content (AvgIpc) is 2.34. The largest absolute Gasteiger partial charge is 0.507 e. The number of aryl methyl sites for hydroxylation is 1. The minimum absolute atomic E-state index is 0.280. The predicted octanol–water partition coefficient (Wildman–Crippen LogP) is 4.41. The Balaban J connectivity index is 2.17. The molecule has 0 aliphatic rings. The Morgan fingerprint density at radius 2 is 1.95 bits per heavy atom. The van der Waals surface area contributed by atoms with Crippen LogP contribution in [0.15, 0.2) is 30.3 Å². The number of benzene rings is 2. The van der Waals surface area contributed by atoms with E-state index in [1.807, 2.05) is 26.0 Å². The number of rotatable bonds is 3. The van der Waals surface area contributed by atoms with Crippen molar-refractivity contribution in [3.05, 3.63) is 57.9 Å². The second-order valence-electron chi connectivity index (χ2n) is 4.53. The third-order valence-electron chi connectivity index (χ3n) is 3.04. The highest BCUT2D eigenvalue weighted by Gasteiger charge is 2.06. The summed E-state index contributed by atoms with van der Waals surface area (Å²) in [5, 5.41) is 13.4. The van der Waals surface area contributed by atoms with E-state index in [1.165, 1.54) is 12.1 Å². The van der Waals surface area contributed by atoms with Crippen molar-refractivity contribution in [1.29, 1.82) is 0 Å². The van der Waals surface area contributed by atoms with Crippen molar-refractivity contribution >= 4 is 17.3 Å². The Morgan fingerprint density at radius 3 is 2.63 bits per heavy atom. The Morgan fingerprint density at radius 1 is 1.21 bits per heavy atom. The minimum Gasteiger partial charge on any atom is -0.507 e. The molecule has 0 aromatic heterocycles. The van der Waals surface area contributed by atoms with E-state index in [1.54, 1.807) is 6.07 Å². The van der Waals surface area contributed by atoms with Crippen LogP contribution in [-0.2, 0) is 6.54 Å². The van der Waals surface area contributed by atoms with Crippen LogP contribution in [0.4, 0.5) is 10.1 Å². The van der Waals surface area contributed by atoms with Gasteiger partial charge in [0.2, 0.25) is 0 Å². The molecule has 2 N–H and O–H groups in total. The Kier molecular flexibility index (Phi) is 3.96. The van der Waals surface area contributed by atoms with Gasteiger partial charge in [-0.3, -0.25) is 0 Å². The van der Waals surface area contributed by atoms with E-state index in [9.17, 15) is 9.50 Å². The molecule has 0 amide bonds. The van der Waals surface area contributed by atoms with E-state index in [-0.39, 0.29) is 11.6 Å². The molecule has 100 valence electrons. The summed E-state index contributed by atoms with van der Waals surface area (Å²) in [6, 6.07) is 8.14. The lowest BCUT2D eigenvalue weighted by Gasteiger charge is -2.12. The standard InChI is InChI=1S/C15H15ClFNO/c1-9-3-4-14(10(2)15(9)19)18-8-11-5-12(16)7-13(17)6-11/h3-7,18-19H,8H2,1-2H3. The lowest BCUT2D eigenvalue weighted by Crippen LogP contribution is -2.02. The number of nitrogens with one attached hydrogen (secondary N) is 1. The third-order valence-corrected chi connectivity index (χ3v) is 3.26. The van der Waals surface area contributed by atoms with Crippen molar-refractivity contribution < 1.29 is 9.50 Å². The quantitative estimate of drug-likeness (QED) is 0.872. The molecule has 0 atom stereocenters. The SMILES string of the molecule is Cc1ccc(NCc2cc(F)cc(Cl)c2)c(C)c1O. The first-order chi connectivity index (χ1) is 8.97. The van der Waals surface area contributed by atoms with Gasteiger partial charge >= 0.3 is 0 Å². The first-order valence-electron chi connectivity index (χ1n) is 5.95. The molecule has 0 aliphatic carbocycles. The second kappa shape index (κ2) is 5.49. The summed E-state index contributed by atoms with van der Waals surface area (Å²) in [4.78, 5) is 0. The lowest BCUT2D eigenvalue weighted by atomic mass is 10.1. The van der Waals surface area contributed by atoms with E-state index < -0.39 is 0 Å². The molecule has 19 heavy (non-hydrogen) atoms. The van der Waals surface area contributed by atoms with E-state index in [0.29, 0.717) is 11.6 Å². The Bertz CT molecular complexity index is 593. The summed E-state index contributed by atoms with van der Waals surface area (Å²) in [5.74, 6) is -0.0740. The van der Waals surface area contributed by atoms with Gasteiger partial charge in [-0.1, -0.05) is 17.7 Å². The molecule has 2 aromatic carbocycles. The summed E-state index contributed by atoms with van der Waals surface area (Å²) in [7, 11) is 0. The third kappa shape index (κ3) is 3.18. The maximum atomic E-state index is 13.2. The molecular weight excluding hydrogens is 265 g/mol. The van der Waals surface area contributed by atoms with Gasteiger partial charge in [0.15, 0.2) is 0 Å². The van der Waals surface area contributed by atoms with Crippen LogP contribution in [0.3, 0.4) is 0 Å². The van der Waals surface area contributed by atoms with Gasteiger partial charge in [0.05, 0.1) is 0 Å². The highest BCUT2D eigenvalue weighted by molar-refractivity contribution is 6.30. The van der Waals surface area contributed by atoms with Crippen molar-refractivity contribution in [3.63, 3.8) is 0 Å². The molecule has 0 saturated carbocycles. The van der Waals surface area contributed by atoms with Crippen LogP contribution in [0.5, 0.6) is 5.75 Å². The molecule has 0 bridgehead atoms. The maximum absolute atomic E-state index is 13.2. The Hall–Kier alpha value is -1.74. The van der Waals surface area contributed by atoms with Gasteiger partial charge in [-0.05, 0) is 49.2 Å². The van der Waals surface area contributed by atoms with E-state index in [2.05, 4.69) is 5.32 Å². The normalized spacial score (nSPS) is 10.5. The maximum Gasteiger partial charge on any atom is 0.125 e. The molecule has 2 aromatic rings. The molecule has 0 fully saturated rings. The summed E-state index contributed by atoms with van der Waals surface area (Å²) in [6.07, 6.45) is 0. The molecule has 2 rings (SSSR count). The van der Waals surface area contributed by atoms with Crippen LogP contribution >= 0.6 is 11.6 Å². The van der Waals surface area contributed by atoms with Gasteiger partial charge < -0.3 is 10.4 Å². The molecule has 4 heteroatoms. The molecular formula is C15H15ClFNO. The minimum atomic E-state index is -0.354. The molecule has 0 spiro atoms. The highest BCUT2D eigenvalue weighted by Crippen LogP contribution is 2.28. The number of aromatic hydroxyl groups is 1. The smallest absolute Gasteiger partial charge is 0.125 e. The highest BCUT2D eigenvalue weighted by atomic mass is 35.5. The number of phenols is 1. The first kappa shape index (κ1) is 13.7. The van der Waals surface area contributed by atoms with Gasteiger partial charge in [0.25, 0.3) is 0 Å². The zero-order valence-corrected chi connectivity index (χ0v) is 11.6. The zero-order chi connectivity index (χ0) is 14.0. The van der Waals surface area contributed by atoms with Crippen LogP contribution in [0.25, 0.3) is 0 Å². The van der Waals surface area contributed by atoms with Crippen molar-refractivity contribution in [2.24, 2.45) is 0 Å². The van der Waals surface area contributed by atoms with E-state index in [0.717, 1.165) is 22.4 Å². The zero-order valence-electron chi connectivity index (χ0n) is 10.8. The van der Waals surface area contributed by atoms with Crippen molar-refractivity contribution in [3.8, 4) is 5.75 Å². The molecule has 0 saturated heterocycles. The molecule has 0 unspecified atom stereocenters. The lowest BCUT2D eigenvalue weighted by molar-refractivity contribution is 0.467. The molecule has 2 nitrogen and oxygen atoms in total. The fourth-order valence-electron chi connectivity index (χ4n) is 1.94. The number of phenolic OH excluding ortho intramolecular Hbond substituents is 1. The van der Waals surface area contributed by atoms with Gasteiger partial charge in [0, 0.05) is 22.8 Å². The van der Waals surface area contributed by atoms with Gasteiger partial charge in [-0.15, -0.1) is 0 Å².